The van der Waals surface area contributed by atoms with Crippen molar-refractivity contribution in [3.05, 3.63) is 59.4 Å². The van der Waals surface area contributed by atoms with Crippen LogP contribution in [0.2, 0.25) is 0 Å². The third-order valence-corrected chi connectivity index (χ3v) is 4.36. The van der Waals surface area contributed by atoms with E-state index in [1.54, 1.807) is 18.2 Å². The zero-order valence-corrected chi connectivity index (χ0v) is 13.9. The summed E-state index contributed by atoms with van der Waals surface area (Å²) in [6.45, 7) is 2.04. The summed E-state index contributed by atoms with van der Waals surface area (Å²) in [6.07, 6.45) is 0. The largest absolute Gasteiger partial charge is 0.454 e. The Balaban J connectivity index is 1.96. The van der Waals surface area contributed by atoms with E-state index >= 15 is 0 Å². The first-order valence-corrected chi connectivity index (χ1v) is 7.94. The Morgan fingerprint density at radius 3 is 2.50 bits per heavy atom. The van der Waals surface area contributed by atoms with Gasteiger partial charge in [-0.2, -0.15) is 5.26 Å². The van der Waals surface area contributed by atoms with Crippen LogP contribution in [0.5, 0.6) is 11.5 Å². The number of aromatic nitrogens is 1. The van der Waals surface area contributed by atoms with Gasteiger partial charge >= 0.3 is 0 Å². The zero-order chi connectivity index (χ0) is 18.3. The molecule has 1 aromatic heterocycles. The number of halogens is 1. The van der Waals surface area contributed by atoms with E-state index in [0.717, 1.165) is 16.7 Å². The van der Waals surface area contributed by atoms with Crippen molar-refractivity contribution in [1.82, 2.24) is 4.98 Å². The van der Waals surface area contributed by atoms with Crippen LogP contribution in [0.15, 0.2) is 42.5 Å². The van der Waals surface area contributed by atoms with Crippen molar-refractivity contribution in [3.63, 3.8) is 0 Å². The second kappa shape index (κ2) is 6.05. The molecular weight excluding hydrogens is 333 g/mol. The highest BCUT2D eigenvalue weighted by atomic mass is 19.1. The smallest absolute Gasteiger partial charge is 0.231 e. The van der Waals surface area contributed by atoms with Gasteiger partial charge in [-0.15, -0.1) is 0 Å². The van der Waals surface area contributed by atoms with Crippen LogP contribution in [0.25, 0.3) is 22.4 Å². The van der Waals surface area contributed by atoms with Crippen LogP contribution in [0.4, 0.5) is 10.2 Å². The first-order valence-electron chi connectivity index (χ1n) is 7.94. The highest BCUT2D eigenvalue weighted by Gasteiger charge is 2.21. The summed E-state index contributed by atoms with van der Waals surface area (Å²) in [5.74, 6) is 1.07. The predicted molar refractivity (Wildman–Crippen MR) is 95.1 cm³/mol. The van der Waals surface area contributed by atoms with E-state index in [1.165, 1.54) is 12.1 Å². The number of benzene rings is 2. The molecule has 5 nitrogen and oxygen atoms in total. The summed E-state index contributed by atoms with van der Waals surface area (Å²) in [5.41, 5.74) is 9.92. The molecule has 0 saturated carbocycles. The van der Waals surface area contributed by atoms with Crippen LogP contribution in [0, 0.1) is 24.1 Å². The van der Waals surface area contributed by atoms with E-state index in [9.17, 15) is 9.65 Å². The molecule has 0 aliphatic carbocycles. The Morgan fingerprint density at radius 2 is 1.77 bits per heavy atom. The lowest BCUT2D eigenvalue weighted by atomic mass is 9.92. The minimum atomic E-state index is -0.330. The summed E-state index contributed by atoms with van der Waals surface area (Å²) in [7, 11) is 0. The summed E-state index contributed by atoms with van der Waals surface area (Å²) in [4.78, 5) is 4.38. The molecule has 1 aliphatic rings. The third kappa shape index (κ3) is 2.50. The lowest BCUT2D eigenvalue weighted by Gasteiger charge is -2.15. The van der Waals surface area contributed by atoms with Crippen molar-refractivity contribution in [2.75, 3.05) is 12.5 Å². The number of nitrogens with two attached hydrogens (primary N) is 1. The number of nitrogen functional groups attached to an aromatic ring is 1. The monoisotopic (exact) mass is 347 g/mol. The Hall–Kier alpha value is -3.59. The Labute approximate surface area is 149 Å². The summed E-state index contributed by atoms with van der Waals surface area (Å²) in [6, 6.07) is 13.6. The summed E-state index contributed by atoms with van der Waals surface area (Å²) < 4.78 is 24.0. The van der Waals surface area contributed by atoms with E-state index in [0.29, 0.717) is 28.3 Å². The van der Waals surface area contributed by atoms with Crippen LogP contribution in [0.1, 0.15) is 11.1 Å². The average molecular weight is 347 g/mol. The van der Waals surface area contributed by atoms with Gasteiger partial charge in [-0.3, -0.25) is 0 Å². The highest BCUT2D eigenvalue weighted by molar-refractivity contribution is 5.85. The van der Waals surface area contributed by atoms with Crippen molar-refractivity contribution >= 4 is 5.82 Å². The molecule has 0 saturated heterocycles. The standard InChI is InChI=1S/C20H14FN3O2/c1-11-18(13-4-7-16-17(8-13)26-10-25-16)15(9-22)20(23)24-19(11)12-2-5-14(21)6-3-12/h2-8H,10H2,1H3,(H2,23,24). The van der Waals surface area contributed by atoms with Gasteiger partial charge in [-0.25, -0.2) is 9.37 Å². The molecule has 4 rings (SSSR count). The third-order valence-electron chi connectivity index (χ3n) is 4.36. The molecule has 2 N–H and O–H groups in total. The van der Waals surface area contributed by atoms with Crippen molar-refractivity contribution in [2.45, 2.75) is 6.92 Å². The van der Waals surface area contributed by atoms with Gasteiger partial charge in [0.05, 0.1) is 5.69 Å². The van der Waals surface area contributed by atoms with Gasteiger partial charge in [0.1, 0.15) is 23.3 Å². The fraction of sp³-hybridized carbons (Fsp3) is 0.100. The van der Waals surface area contributed by atoms with Crippen LogP contribution < -0.4 is 15.2 Å². The Morgan fingerprint density at radius 1 is 1.08 bits per heavy atom. The topological polar surface area (TPSA) is 81.2 Å². The van der Waals surface area contributed by atoms with Crippen molar-refractivity contribution in [3.8, 4) is 40.0 Å². The maximum absolute atomic E-state index is 13.3. The van der Waals surface area contributed by atoms with Crippen LogP contribution in [-0.2, 0) is 0 Å². The van der Waals surface area contributed by atoms with Crippen LogP contribution in [-0.4, -0.2) is 11.8 Å². The fourth-order valence-electron chi connectivity index (χ4n) is 3.11. The zero-order valence-electron chi connectivity index (χ0n) is 13.9. The van der Waals surface area contributed by atoms with Crippen LogP contribution in [0.3, 0.4) is 0 Å². The van der Waals surface area contributed by atoms with Crippen molar-refractivity contribution in [2.24, 2.45) is 0 Å². The molecule has 0 amide bonds. The van der Waals surface area contributed by atoms with E-state index in [1.807, 2.05) is 19.1 Å². The molecule has 0 bridgehead atoms. The molecule has 0 radical (unpaired) electrons. The Bertz CT molecular complexity index is 1060. The molecule has 0 spiro atoms. The van der Waals surface area contributed by atoms with Gasteiger partial charge < -0.3 is 15.2 Å². The molecule has 0 fully saturated rings. The molecular formula is C20H14FN3O2. The van der Waals surface area contributed by atoms with Gasteiger partial charge in [0.15, 0.2) is 11.5 Å². The SMILES string of the molecule is Cc1c(-c2ccc(F)cc2)nc(N)c(C#N)c1-c1ccc2c(c1)OCO2. The second-order valence-electron chi connectivity index (χ2n) is 5.91. The highest BCUT2D eigenvalue weighted by Crippen LogP contribution is 2.40. The normalized spacial score (nSPS) is 12.0. The van der Waals surface area contributed by atoms with Gasteiger partial charge in [-0.1, -0.05) is 6.07 Å². The van der Waals surface area contributed by atoms with E-state index < -0.39 is 0 Å². The fourth-order valence-corrected chi connectivity index (χ4v) is 3.11. The summed E-state index contributed by atoms with van der Waals surface area (Å²) >= 11 is 0. The van der Waals surface area contributed by atoms with Gasteiger partial charge in [0.2, 0.25) is 6.79 Å². The number of fused-ring (bicyclic) bond motifs is 1. The second-order valence-corrected chi connectivity index (χ2v) is 5.91. The lowest BCUT2D eigenvalue weighted by Crippen LogP contribution is -2.03. The quantitative estimate of drug-likeness (QED) is 0.756. The molecule has 3 aromatic rings. The number of nitrogens with zero attached hydrogens (tertiary/aromatic N) is 2. The number of hydrogen-bond donors (Lipinski definition) is 1. The molecule has 0 unspecified atom stereocenters. The number of ether oxygens (including phenoxy) is 2. The molecule has 2 aromatic carbocycles. The average Bonchev–Trinajstić information content (AvgIpc) is 3.11. The molecule has 2 heterocycles. The van der Waals surface area contributed by atoms with Crippen LogP contribution >= 0.6 is 0 Å². The summed E-state index contributed by atoms with van der Waals surface area (Å²) in [5, 5.41) is 9.60. The van der Waals surface area contributed by atoms with Crippen molar-refractivity contribution < 1.29 is 13.9 Å². The minimum absolute atomic E-state index is 0.130. The molecule has 6 heteroatoms. The van der Waals surface area contributed by atoms with E-state index in [-0.39, 0.29) is 18.4 Å². The number of rotatable bonds is 2. The Kier molecular flexibility index (Phi) is 3.70. The van der Waals surface area contributed by atoms with Gasteiger partial charge in [0, 0.05) is 11.1 Å². The molecule has 26 heavy (non-hydrogen) atoms. The maximum Gasteiger partial charge on any atom is 0.231 e. The maximum atomic E-state index is 13.3. The first-order chi connectivity index (χ1) is 12.6. The van der Waals surface area contributed by atoms with Gasteiger partial charge in [-0.05, 0) is 54.4 Å². The van der Waals surface area contributed by atoms with E-state index in [4.69, 9.17) is 15.2 Å². The number of pyridine rings is 1. The first kappa shape index (κ1) is 15.9. The lowest BCUT2D eigenvalue weighted by molar-refractivity contribution is 0.174. The predicted octanol–water partition coefficient (Wildman–Crippen LogP) is 4.05. The number of nitriles is 1. The van der Waals surface area contributed by atoms with Gasteiger partial charge in [0.25, 0.3) is 0 Å². The number of anilines is 1. The minimum Gasteiger partial charge on any atom is -0.454 e. The molecule has 1 aliphatic heterocycles. The van der Waals surface area contributed by atoms with Crippen molar-refractivity contribution in [1.29, 1.82) is 5.26 Å². The number of hydrogen-bond acceptors (Lipinski definition) is 5. The molecule has 128 valence electrons. The van der Waals surface area contributed by atoms with E-state index in [2.05, 4.69) is 11.1 Å². The molecule has 0 atom stereocenters.